The molecule has 0 rings (SSSR count). The molecule has 0 fully saturated rings. The zero-order valence-corrected chi connectivity index (χ0v) is 9.48. The number of Topliss-reactive ketones (excluding diaryl/α,β-unsaturated/α-hetero) is 1. The summed E-state index contributed by atoms with van der Waals surface area (Å²) in [5.41, 5.74) is -1.51. The van der Waals surface area contributed by atoms with Crippen LogP contribution in [-0.2, 0) is 14.3 Å². The van der Waals surface area contributed by atoms with Gasteiger partial charge in [0, 0.05) is 6.42 Å². The first-order valence-electron chi connectivity index (χ1n) is 4.88. The van der Waals surface area contributed by atoms with E-state index in [1.165, 1.54) is 13.8 Å². The van der Waals surface area contributed by atoms with Crippen molar-refractivity contribution >= 4 is 11.8 Å². The number of ketones is 1. The standard InChI is InChI=1S/C10H15F3O3/c1-4-5-7(14)9(2,3)8(15)16-6-10(11,12)13/h4-6H2,1-3H3. The first-order valence-corrected chi connectivity index (χ1v) is 4.88. The van der Waals surface area contributed by atoms with E-state index in [9.17, 15) is 22.8 Å². The summed E-state index contributed by atoms with van der Waals surface area (Å²) in [6.07, 6.45) is -3.89. The van der Waals surface area contributed by atoms with Crippen LogP contribution in [0.15, 0.2) is 0 Å². The number of carbonyl (C=O) groups excluding carboxylic acids is 2. The number of hydrogen-bond acceptors (Lipinski definition) is 3. The molecule has 0 unspecified atom stereocenters. The van der Waals surface area contributed by atoms with Crippen LogP contribution < -0.4 is 0 Å². The average Bonchev–Trinajstić information content (AvgIpc) is 2.13. The average molecular weight is 240 g/mol. The van der Waals surface area contributed by atoms with Crippen LogP contribution in [0, 0.1) is 5.41 Å². The molecular formula is C10H15F3O3. The monoisotopic (exact) mass is 240 g/mol. The maximum atomic E-state index is 11.8. The topological polar surface area (TPSA) is 43.4 Å². The lowest BCUT2D eigenvalue weighted by atomic mass is 9.86. The molecule has 0 aliphatic heterocycles. The quantitative estimate of drug-likeness (QED) is 0.547. The highest BCUT2D eigenvalue weighted by molar-refractivity contribution is 6.02. The van der Waals surface area contributed by atoms with Crippen LogP contribution in [0.5, 0.6) is 0 Å². The highest BCUT2D eigenvalue weighted by atomic mass is 19.4. The van der Waals surface area contributed by atoms with Crippen molar-refractivity contribution in [2.45, 2.75) is 39.8 Å². The third-order valence-electron chi connectivity index (χ3n) is 2.05. The van der Waals surface area contributed by atoms with Crippen molar-refractivity contribution in [2.24, 2.45) is 5.41 Å². The number of alkyl halides is 3. The second-order valence-corrected chi connectivity index (χ2v) is 3.99. The highest BCUT2D eigenvalue weighted by Gasteiger charge is 2.39. The van der Waals surface area contributed by atoms with Crippen LogP contribution in [0.4, 0.5) is 13.2 Å². The number of ether oxygens (including phenoxy) is 1. The van der Waals surface area contributed by atoms with Crippen molar-refractivity contribution in [2.75, 3.05) is 6.61 Å². The predicted molar refractivity (Wildman–Crippen MR) is 50.7 cm³/mol. The van der Waals surface area contributed by atoms with E-state index in [-0.39, 0.29) is 6.42 Å². The fraction of sp³-hybridized carbons (Fsp3) is 0.800. The van der Waals surface area contributed by atoms with E-state index < -0.39 is 30.0 Å². The van der Waals surface area contributed by atoms with Crippen LogP contribution in [0.25, 0.3) is 0 Å². The van der Waals surface area contributed by atoms with Gasteiger partial charge in [-0.2, -0.15) is 13.2 Å². The van der Waals surface area contributed by atoms with Crippen LogP contribution >= 0.6 is 0 Å². The predicted octanol–water partition coefficient (Wildman–Crippen LogP) is 2.49. The Bertz CT molecular complexity index is 269. The van der Waals surface area contributed by atoms with Gasteiger partial charge in [-0.1, -0.05) is 6.92 Å². The van der Waals surface area contributed by atoms with Gasteiger partial charge in [0.15, 0.2) is 6.61 Å². The molecule has 0 bridgehead atoms. The summed E-state index contributed by atoms with van der Waals surface area (Å²) >= 11 is 0. The van der Waals surface area contributed by atoms with Crippen LogP contribution in [0.2, 0.25) is 0 Å². The smallest absolute Gasteiger partial charge is 0.422 e. The lowest BCUT2D eigenvalue weighted by Crippen LogP contribution is -2.36. The van der Waals surface area contributed by atoms with E-state index in [0.717, 1.165) is 0 Å². The minimum absolute atomic E-state index is 0.147. The van der Waals surface area contributed by atoms with Gasteiger partial charge in [0.2, 0.25) is 0 Å². The van der Waals surface area contributed by atoms with Crippen molar-refractivity contribution in [3.05, 3.63) is 0 Å². The lowest BCUT2D eigenvalue weighted by Gasteiger charge is -2.21. The van der Waals surface area contributed by atoms with Gasteiger partial charge in [0.25, 0.3) is 0 Å². The van der Waals surface area contributed by atoms with Crippen molar-refractivity contribution < 1.29 is 27.5 Å². The third kappa shape index (κ3) is 4.63. The van der Waals surface area contributed by atoms with Crippen molar-refractivity contribution in [3.8, 4) is 0 Å². The number of esters is 1. The van der Waals surface area contributed by atoms with E-state index in [4.69, 9.17) is 0 Å². The van der Waals surface area contributed by atoms with Gasteiger partial charge in [-0.25, -0.2) is 0 Å². The van der Waals surface area contributed by atoms with Crippen LogP contribution in [-0.4, -0.2) is 24.5 Å². The molecule has 6 heteroatoms. The lowest BCUT2D eigenvalue weighted by molar-refractivity contribution is -0.193. The Morgan fingerprint density at radius 1 is 1.19 bits per heavy atom. The fourth-order valence-corrected chi connectivity index (χ4v) is 0.981. The Hall–Kier alpha value is -1.07. The second kappa shape index (κ2) is 5.32. The maximum Gasteiger partial charge on any atom is 0.422 e. The zero-order valence-electron chi connectivity index (χ0n) is 9.48. The van der Waals surface area contributed by atoms with Crippen molar-refractivity contribution in [1.82, 2.24) is 0 Å². The SMILES string of the molecule is CCCC(=O)C(C)(C)C(=O)OCC(F)(F)F. The summed E-state index contributed by atoms with van der Waals surface area (Å²) < 4.78 is 39.4. The molecule has 0 saturated heterocycles. The molecule has 0 amide bonds. The molecule has 0 aliphatic carbocycles. The summed E-state index contributed by atoms with van der Waals surface area (Å²) in [4.78, 5) is 22.7. The van der Waals surface area contributed by atoms with E-state index in [2.05, 4.69) is 4.74 Å². The molecule has 3 nitrogen and oxygen atoms in total. The summed E-state index contributed by atoms with van der Waals surface area (Å²) in [7, 11) is 0. The highest BCUT2D eigenvalue weighted by Crippen LogP contribution is 2.23. The normalized spacial score (nSPS) is 12.4. The van der Waals surface area contributed by atoms with E-state index in [1.54, 1.807) is 6.92 Å². The summed E-state index contributed by atoms with van der Waals surface area (Å²) in [5.74, 6) is -1.55. The van der Waals surface area contributed by atoms with Gasteiger partial charge in [0.1, 0.15) is 11.2 Å². The van der Waals surface area contributed by atoms with Gasteiger partial charge in [0.05, 0.1) is 0 Å². The molecule has 0 aliphatic rings. The molecule has 94 valence electrons. The van der Waals surface area contributed by atoms with E-state index in [1.807, 2.05) is 0 Å². The van der Waals surface area contributed by atoms with Gasteiger partial charge in [-0.3, -0.25) is 9.59 Å². The zero-order chi connectivity index (χ0) is 13.0. The summed E-state index contributed by atoms with van der Waals surface area (Å²) in [6.45, 7) is 2.62. The Morgan fingerprint density at radius 3 is 2.06 bits per heavy atom. The molecular weight excluding hydrogens is 225 g/mol. The molecule has 0 spiro atoms. The van der Waals surface area contributed by atoms with Gasteiger partial charge in [-0.15, -0.1) is 0 Å². The molecule has 0 saturated carbocycles. The minimum atomic E-state index is -4.57. The second-order valence-electron chi connectivity index (χ2n) is 3.99. The number of rotatable bonds is 5. The van der Waals surface area contributed by atoms with Crippen molar-refractivity contribution in [3.63, 3.8) is 0 Å². The molecule has 0 aromatic heterocycles. The largest absolute Gasteiger partial charge is 0.455 e. The molecule has 0 aromatic carbocycles. The molecule has 0 N–H and O–H groups in total. The maximum absolute atomic E-state index is 11.8. The molecule has 0 radical (unpaired) electrons. The Labute approximate surface area is 92.0 Å². The Kier molecular flexibility index (Phi) is 4.96. The van der Waals surface area contributed by atoms with Crippen LogP contribution in [0.3, 0.4) is 0 Å². The summed E-state index contributed by atoms with van der Waals surface area (Å²) in [5, 5.41) is 0. The molecule has 0 heterocycles. The summed E-state index contributed by atoms with van der Waals surface area (Å²) in [6, 6.07) is 0. The Morgan fingerprint density at radius 2 is 1.69 bits per heavy atom. The first kappa shape index (κ1) is 14.9. The first-order chi connectivity index (χ1) is 7.11. The van der Waals surface area contributed by atoms with Gasteiger partial charge in [-0.05, 0) is 20.3 Å². The van der Waals surface area contributed by atoms with E-state index >= 15 is 0 Å². The molecule has 0 atom stereocenters. The van der Waals surface area contributed by atoms with Gasteiger partial charge < -0.3 is 4.74 Å². The van der Waals surface area contributed by atoms with Crippen molar-refractivity contribution in [1.29, 1.82) is 0 Å². The minimum Gasteiger partial charge on any atom is -0.455 e. The number of hydrogen-bond donors (Lipinski definition) is 0. The van der Waals surface area contributed by atoms with Crippen LogP contribution in [0.1, 0.15) is 33.6 Å². The third-order valence-corrected chi connectivity index (χ3v) is 2.05. The Balaban J connectivity index is 4.41. The fourth-order valence-electron chi connectivity index (χ4n) is 0.981. The molecule has 0 aromatic rings. The van der Waals surface area contributed by atoms with E-state index in [0.29, 0.717) is 6.42 Å². The number of halogens is 3. The molecule has 16 heavy (non-hydrogen) atoms. The van der Waals surface area contributed by atoms with Gasteiger partial charge >= 0.3 is 12.1 Å². The number of carbonyl (C=O) groups is 2.